The molecule has 0 fully saturated rings. The summed E-state index contributed by atoms with van der Waals surface area (Å²) in [6.45, 7) is 4.21. The number of carboxylic acids is 1. The molecule has 0 saturated carbocycles. The maximum absolute atomic E-state index is 10.5. The van der Waals surface area contributed by atoms with Crippen LogP contribution in [0.4, 0.5) is 0 Å². The summed E-state index contributed by atoms with van der Waals surface area (Å²) in [5, 5.41) is 18.2. The number of phenols is 1. The average molecular weight is 386 g/mol. The van der Waals surface area contributed by atoms with E-state index in [1.165, 1.54) is 5.56 Å². The van der Waals surface area contributed by atoms with E-state index in [0.717, 1.165) is 0 Å². The van der Waals surface area contributed by atoms with Crippen LogP contribution in [0.15, 0.2) is 48.5 Å². The van der Waals surface area contributed by atoms with E-state index in [1.807, 2.05) is 12.1 Å². The van der Waals surface area contributed by atoms with E-state index >= 15 is 0 Å². The third kappa shape index (κ3) is 5.70. The maximum atomic E-state index is 10.5. The largest absolute Gasteiger partial charge is 0.508 e. The van der Waals surface area contributed by atoms with Crippen LogP contribution >= 0.6 is 27.5 Å². The van der Waals surface area contributed by atoms with Gasteiger partial charge in [-0.3, -0.25) is 4.79 Å². The first kappa shape index (κ1) is 18.5. The highest BCUT2D eigenvalue weighted by Crippen LogP contribution is 2.28. The van der Waals surface area contributed by atoms with Gasteiger partial charge in [-0.05, 0) is 35.2 Å². The number of hydrogen-bond donors (Lipinski definition) is 2. The minimum Gasteiger partial charge on any atom is -0.508 e. The van der Waals surface area contributed by atoms with Gasteiger partial charge in [-0.1, -0.05) is 71.7 Å². The molecule has 2 N–H and O–H groups in total. The standard InChI is InChI=1S/C9H12O.C8H6BrClO2/c1-7(2)8-4-3-5-9(10)6-8;9-7(8(11)12)5-3-1-2-4-6(5)10/h3-7,10H,1-2H3;1-4,7H,(H,11,12). The fourth-order valence-electron chi connectivity index (χ4n) is 1.70. The molecule has 0 aliphatic heterocycles. The molecule has 0 bridgehead atoms. The number of benzene rings is 2. The Bertz CT molecular complexity index is 629. The normalized spacial score (nSPS) is 11.5. The molecule has 2 rings (SSSR count). The van der Waals surface area contributed by atoms with Gasteiger partial charge in [-0.25, -0.2) is 0 Å². The fraction of sp³-hybridized carbons (Fsp3) is 0.235. The number of alkyl halides is 1. The molecule has 3 nitrogen and oxygen atoms in total. The Labute approximate surface area is 143 Å². The molecule has 118 valence electrons. The van der Waals surface area contributed by atoms with Gasteiger partial charge < -0.3 is 10.2 Å². The average Bonchev–Trinajstić information content (AvgIpc) is 2.47. The molecule has 0 aliphatic carbocycles. The van der Waals surface area contributed by atoms with Gasteiger partial charge in [-0.2, -0.15) is 0 Å². The second kappa shape index (κ2) is 8.81. The molecular weight excluding hydrogens is 368 g/mol. The molecule has 0 spiro atoms. The van der Waals surface area contributed by atoms with E-state index in [1.54, 1.807) is 36.4 Å². The lowest BCUT2D eigenvalue weighted by atomic mass is 10.0. The first-order valence-electron chi connectivity index (χ1n) is 6.73. The summed E-state index contributed by atoms with van der Waals surface area (Å²) in [6, 6.07) is 14.2. The topological polar surface area (TPSA) is 57.5 Å². The van der Waals surface area contributed by atoms with E-state index < -0.39 is 10.8 Å². The van der Waals surface area contributed by atoms with Crippen molar-refractivity contribution in [3.63, 3.8) is 0 Å². The smallest absolute Gasteiger partial charge is 0.321 e. The molecular formula is C17H18BrClO3. The van der Waals surface area contributed by atoms with Crippen LogP contribution in [0.3, 0.4) is 0 Å². The third-order valence-corrected chi connectivity index (χ3v) is 4.16. The molecule has 1 atom stereocenters. The molecule has 2 aromatic carbocycles. The van der Waals surface area contributed by atoms with Crippen LogP contribution < -0.4 is 0 Å². The lowest BCUT2D eigenvalue weighted by molar-refractivity contribution is -0.136. The second-order valence-corrected chi connectivity index (χ2v) is 6.29. The number of phenolic OH excluding ortho intramolecular Hbond substituents is 1. The van der Waals surface area contributed by atoms with Crippen LogP contribution in [-0.4, -0.2) is 16.2 Å². The molecule has 0 saturated heterocycles. The number of hydrogen-bond acceptors (Lipinski definition) is 2. The van der Waals surface area contributed by atoms with Crippen molar-refractivity contribution in [1.29, 1.82) is 0 Å². The highest BCUT2D eigenvalue weighted by molar-refractivity contribution is 9.09. The van der Waals surface area contributed by atoms with Crippen LogP contribution in [0.25, 0.3) is 0 Å². The van der Waals surface area contributed by atoms with Crippen molar-refractivity contribution in [1.82, 2.24) is 0 Å². The van der Waals surface area contributed by atoms with Gasteiger partial charge in [0.25, 0.3) is 0 Å². The lowest BCUT2D eigenvalue weighted by Gasteiger charge is -2.05. The fourth-order valence-corrected chi connectivity index (χ4v) is 2.47. The zero-order valence-corrected chi connectivity index (χ0v) is 14.7. The third-order valence-electron chi connectivity index (χ3n) is 2.93. The van der Waals surface area contributed by atoms with Crippen molar-refractivity contribution in [2.75, 3.05) is 0 Å². The monoisotopic (exact) mass is 384 g/mol. The zero-order chi connectivity index (χ0) is 16.7. The molecule has 5 heteroatoms. The molecule has 1 unspecified atom stereocenters. The predicted molar refractivity (Wildman–Crippen MR) is 93.0 cm³/mol. The van der Waals surface area contributed by atoms with Crippen molar-refractivity contribution in [3.05, 3.63) is 64.7 Å². The van der Waals surface area contributed by atoms with Crippen LogP contribution in [0.2, 0.25) is 5.02 Å². The van der Waals surface area contributed by atoms with Crippen LogP contribution in [0.1, 0.15) is 35.7 Å². The van der Waals surface area contributed by atoms with Crippen molar-refractivity contribution in [3.8, 4) is 5.75 Å². The van der Waals surface area contributed by atoms with E-state index in [4.69, 9.17) is 21.8 Å². The van der Waals surface area contributed by atoms with Crippen molar-refractivity contribution in [2.24, 2.45) is 0 Å². The molecule has 0 aliphatic rings. The first-order chi connectivity index (χ1) is 10.3. The van der Waals surface area contributed by atoms with Crippen molar-refractivity contribution < 1.29 is 15.0 Å². The van der Waals surface area contributed by atoms with Gasteiger partial charge in [0.15, 0.2) is 0 Å². The SMILES string of the molecule is CC(C)c1cccc(O)c1.O=C(O)C(Br)c1ccccc1Cl. The lowest BCUT2D eigenvalue weighted by Crippen LogP contribution is -2.04. The molecule has 0 aromatic heterocycles. The summed E-state index contributed by atoms with van der Waals surface area (Å²) in [4.78, 5) is 9.82. The Kier molecular flexibility index (Phi) is 7.42. The van der Waals surface area contributed by atoms with Gasteiger partial charge in [0.1, 0.15) is 10.6 Å². The number of halogens is 2. The maximum Gasteiger partial charge on any atom is 0.321 e. The van der Waals surface area contributed by atoms with E-state index in [0.29, 0.717) is 22.3 Å². The van der Waals surface area contributed by atoms with E-state index in [-0.39, 0.29) is 0 Å². The van der Waals surface area contributed by atoms with Gasteiger partial charge in [-0.15, -0.1) is 0 Å². The minimum absolute atomic E-state index is 0.353. The summed E-state index contributed by atoms with van der Waals surface area (Å²) in [5.41, 5.74) is 1.76. The van der Waals surface area contributed by atoms with E-state index in [2.05, 4.69) is 29.8 Å². The van der Waals surface area contributed by atoms with Crippen molar-refractivity contribution in [2.45, 2.75) is 24.6 Å². The Morgan fingerprint density at radius 2 is 1.77 bits per heavy atom. The van der Waals surface area contributed by atoms with Gasteiger partial charge in [0, 0.05) is 5.02 Å². The molecule has 0 heterocycles. The van der Waals surface area contributed by atoms with Crippen molar-refractivity contribution >= 4 is 33.5 Å². The molecule has 22 heavy (non-hydrogen) atoms. The molecule has 0 amide bonds. The van der Waals surface area contributed by atoms with Gasteiger partial charge in [0.05, 0.1) is 0 Å². The second-order valence-electron chi connectivity index (χ2n) is 4.97. The van der Waals surface area contributed by atoms with Crippen LogP contribution in [0.5, 0.6) is 5.75 Å². The molecule has 0 radical (unpaired) electrons. The highest BCUT2D eigenvalue weighted by Gasteiger charge is 2.17. The predicted octanol–water partition coefficient (Wildman–Crippen LogP) is 5.38. The number of carbonyl (C=O) groups is 1. The number of rotatable bonds is 3. The number of carboxylic acid groups (broad SMARTS) is 1. The molecule has 2 aromatic rings. The zero-order valence-electron chi connectivity index (χ0n) is 12.3. The summed E-state index contributed by atoms with van der Waals surface area (Å²) in [6.07, 6.45) is 0. The Morgan fingerprint density at radius 1 is 1.14 bits per heavy atom. The van der Waals surface area contributed by atoms with Gasteiger partial charge >= 0.3 is 5.97 Å². The summed E-state index contributed by atoms with van der Waals surface area (Å²) in [7, 11) is 0. The Morgan fingerprint density at radius 3 is 2.23 bits per heavy atom. The summed E-state index contributed by atoms with van der Waals surface area (Å²) < 4.78 is 0. The number of aliphatic carboxylic acids is 1. The summed E-state index contributed by atoms with van der Waals surface area (Å²) >= 11 is 8.79. The first-order valence-corrected chi connectivity index (χ1v) is 8.02. The number of aromatic hydroxyl groups is 1. The van der Waals surface area contributed by atoms with Crippen LogP contribution in [0, 0.1) is 0 Å². The van der Waals surface area contributed by atoms with Gasteiger partial charge in [0.2, 0.25) is 0 Å². The quantitative estimate of drug-likeness (QED) is 0.698. The Hall–Kier alpha value is -1.52. The Balaban J connectivity index is 0.000000224. The highest BCUT2D eigenvalue weighted by atomic mass is 79.9. The van der Waals surface area contributed by atoms with E-state index in [9.17, 15) is 4.79 Å². The minimum atomic E-state index is -0.942. The van der Waals surface area contributed by atoms with Crippen LogP contribution in [-0.2, 0) is 4.79 Å². The summed E-state index contributed by atoms with van der Waals surface area (Å²) in [5.74, 6) is -0.0959.